The number of hydrogen-bond donors (Lipinski definition) is 1. The van der Waals surface area contributed by atoms with Crippen molar-refractivity contribution in [2.45, 2.75) is 26.4 Å². The molecule has 0 saturated heterocycles. The maximum Gasteiger partial charge on any atom is 0.231 e. The number of para-hydroxylation sites is 1. The molecule has 3 aromatic rings. The van der Waals surface area contributed by atoms with Crippen molar-refractivity contribution in [3.8, 4) is 5.75 Å². The standard InChI is InChI=1S/C22H24FN3O2S/c1-15-6-4-5-7-19(15)25-21(27)11-22-24-17(14-29-22)13-26(2)12-16-8-9-20(28-3)18(23)10-16/h4-10,14H,11-13H2,1-3H3,(H,25,27). The third-order valence-corrected chi connectivity index (χ3v) is 5.33. The van der Waals surface area contributed by atoms with Gasteiger partial charge < -0.3 is 10.1 Å². The van der Waals surface area contributed by atoms with Crippen molar-refractivity contribution in [2.75, 3.05) is 19.5 Å². The monoisotopic (exact) mass is 413 g/mol. The molecule has 0 atom stereocenters. The second-order valence-corrected chi connectivity index (χ2v) is 7.86. The number of aryl methyl sites for hydroxylation is 1. The van der Waals surface area contributed by atoms with E-state index in [0.717, 1.165) is 27.5 Å². The highest BCUT2D eigenvalue weighted by molar-refractivity contribution is 7.09. The van der Waals surface area contributed by atoms with Crippen LogP contribution < -0.4 is 10.1 Å². The van der Waals surface area contributed by atoms with E-state index in [1.54, 1.807) is 6.07 Å². The summed E-state index contributed by atoms with van der Waals surface area (Å²) in [4.78, 5) is 18.9. The lowest BCUT2D eigenvalue weighted by molar-refractivity contribution is -0.115. The number of rotatable bonds is 8. The van der Waals surface area contributed by atoms with Gasteiger partial charge in [-0.25, -0.2) is 9.37 Å². The van der Waals surface area contributed by atoms with Crippen LogP contribution in [-0.4, -0.2) is 29.9 Å². The number of methoxy groups -OCH3 is 1. The summed E-state index contributed by atoms with van der Waals surface area (Å²) in [7, 11) is 3.40. The first-order valence-electron chi connectivity index (χ1n) is 9.24. The molecular formula is C22H24FN3O2S. The summed E-state index contributed by atoms with van der Waals surface area (Å²) in [6.45, 7) is 3.16. The summed E-state index contributed by atoms with van der Waals surface area (Å²) in [5, 5.41) is 5.66. The first kappa shape index (κ1) is 21.0. The lowest BCUT2D eigenvalue weighted by atomic mass is 10.2. The number of ether oxygens (including phenoxy) is 1. The number of carbonyl (C=O) groups is 1. The van der Waals surface area contributed by atoms with E-state index in [1.807, 2.05) is 54.6 Å². The Morgan fingerprint density at radius 1 is 1.24 bits per heavy atom. The second-order valence-electron chi connectivity index (χ2n) is 6.91. The van der Waals surface area contributed by atoms with Crippen LogP contribution >= 0.6 is 11.3 Å². The van der Waals surface area contributed by atoms with Gasteiger partial charge in [0, 0.05) is 24.2 Å². The van der Waals surface area contributed by atoms with Gasteiger partial charge in [0.2, 0.25) is 5.91 Å². The molecular weight excluding hydrogens is 389 g/mol. The van der Waals surface area contributed by atoms with Crippen LogP contribution in [0.3, 0.4) is 0 Å². The molecule has 0 aliphatic carbocycles. The highest BCUT2D eigenvalue weighted by Crippen LogP contribution is 2.20. The largest absolute Gasteiger partial charge is 0.494 e. The minimum Gasteiger partial charge on any atom is -0.494 e. The molecule has 0 bridgehead atoms. The van der Waals surface area contributed by atoms with E-state index in [1.165, 1.54) is 24.5 Å². The zero-order chi connectivity index (χ0) is 20.8. The van der Waals surface area contributed by atoms with E-state index < -0.39 is 0 Å². The number of nitrogens with one attached hydrogen (secondary N) is 1. The third-order valence-electron chi connectivity index (χ3n) is 4.43. The average molecular weight is 414 g/mol. The maximum atomic E-state index is 13.8. The Hall–Kier alpha value is -2.77. The number of carbonyl (C=O) groups excluding carboxylic acids is 1. The summed E-state index contributed by atoms with van der Waals surface area (Å²) in [6, 6.07) is 12.6. The Bertz CT molecular complexity index is 990. The molecule has 2 aromatic carbocycles. The number of aromatic nitrogens is 1. The van der Waals surface area contributed by atoms with Crippen molar-refractivity contribution in [1.82, 2.24) is 9.88 Å². The van der Waals surface area contributed by atoms with Gasteiger partial charge in [-0.05, 0) is 43.3 Å². The van der Waals surface area contributed by atoms with Crippen molar-refractivity contribution in [2.24, 2.45) is 0 Å². The van der Waals surface area contributed by atoms with E-state index in [4.69, 9.17) is 4.74 Å². The Labute approximate surface area is 174 Å². The van der Waals surface area contributed by atoms with Crippen LogP contribution in [0.4, 0.5) is 10.1 Å². The lowest BCUT2D eigenvalue weighted by Gasteiger charge is -2.15. The predicted molar refractivity (Wildman–Crippen MR) is 114 cm³/mol. The lowest BCUT2D eigenvalue weighted by Crippen LogP contribution is -2.18. The Morgan fingerprint density at radius 3 is 2.76 bits per heavy atom. The molecule has 0 saturated carbocycles. The van der Waals surface area contributed by atoms with E-state index in [-0.39, 0.29) is 23.9 Å². The average Bonchev–Trinajstić information content (AvgIpc) is 3.10. The Balaban J connectivity index is 1.53. The predicted octanol–water partition coefficient (Wildman–Crippen LogP) is 4.41. The van der Waals surface area contributed by atoms with Crippen molar-refractivity contribution in [1.29, 1.82) is 0 Å². The first-order valence-corrected chi connectivity index (χ1v) is 10.1. The summed E-state index contributed by atoms with van der Waals surface area (Å²) < 4.78 is 18.8. The molecule has 0 fully saturated rings. The number of hydrogen-bond acceptors (Lipinski definition) is 5. The van der Waals surface area contributed by atoms with Crippen molar-refractivity contribution in [3.63, 3.8) is 0 Å². The fourth-order valence-corrected chi connectivity index (χ4v) is 3.78. The smallest absolute Gasteiger partial charge is 0.231 e. The molecule has 1 aromatic heterocycles. The van der Waals surface area contributed by atoms with Crippen LogP contribution in [0.25, 0.3) is 0 Å². The molecule has 29 heavy (non-hydrogen) atoms. The number of anilines is 1. The minimum atomic E-state index is -0.367. The molecule has 0 aliphatic heterocycles. The molecule has 0 spiro atoms. The highest BCUT2D eigenvalue weighted by atomic mass is 32.1. The van der Waals surface area contributed by atoms with Crippen LogP contribution in [-0.2, 0) is 24.3 Å². The maximum absolute atomic E-state index is 13.8. The number of thiazole rings is 1. The van der Waals surface area contributed by atoms with E-state index in [0.29, 0.717) is 13.1 Å². The zero-order valence-corrected chi connectivity index (χ0v) is 17.6. The molecule has 0 unspecified atom stereocenters. The van der Waals surface area contributed by atoms with Crippen molar-refractivity contribution in [3.05, 3.63) is 75.5 Å². The molecule has 7 heteroatoms. The van der Waals surface area contributed by atoms with E-state index >= 15 is 0 Å². The van der Waals surface area contributed by atoms with Gasteiger partial charge in [-0.15, -0.1) is 11.3 Å². The topological polar surface area (TPSA) is 54.5 Å². The number of benzene rings is 2. The first-order chi connectivity index (χ1) is 13.9. The molecule has 3 rings (SSSR count). The minimum absolute atomic E-state index is 0.0812. The molecule has 152 valence electrons. The van der Waals surface area contributed by atoms with Gasteiger partial charge in [0.1, 0.15) is 5.01 Å². The molecule has 1 N–H and O–H groups in total. The fourth-order valence-electron chi connectivity index (χ4n) is 3.00. The van der Waals surface area contributed by atoms with Crippen LogP contribution in [0, 0.1) is 12.7 Å². The molecule has 1 amide bonds. The number of nitrogens with zero attached hydrogens (tertiary/aromatic N) is 2. The van der Waals surface area contributed by atoms with E-state index in [2.05, 4.69) is 10.3 Å². The van der Waals surface area contributed by atoms with Crippen LogP contribution in [0.5, 0.6) is 5.75 Å². The van der Waals surface area contributed by atoms with Crippen LogP contribution in [0.15, 0.2) is 47.8 Å². The van der Waals surface area contributed by atoms with Gasteiger partial charge in [-0.2, -0.15) is 0 Å². The van der Waals surface area contributed by atoms with Gasteiger partial charge in [-0.3, -0.25) is 9.69 Å². The number of amides is 1. The highest BCUT2D eigenvalue weighted by Gasteiger charge is 2.11. The normalized spacial score (nSPS) is 10.9. The van der Waals surface area contributed by atoms with Gasteiger partial charge in [0.15, 0.2) is 11.6 Å². The summed E-state index contributed by atoms with van der Waals surface area (Å²) in [5.74, 6) is -0.208. The molecule has 0 radical (unpaired) electrons. The van der Waals surface area contributed by atoms with Crippen molar-refractivity contribution >= 4 is 22.9 Å². The van der Waals surface area contributed by atoms with Gasteiger partial charge in [0.05, 0.1) is 19.2 Å². The molecule has 0 aliphatic rings. The fraction of sp³-hybridized carbons (Fsp3) is 0.273. The summed E-state index contributed by atoms with van der Waals surface area (Å²) >= 11 is 1.47. The van der Waals surface area contributed by atoms with Gasteiger partial charge in [0.25, 0.3) is 0 Å². The second kappa shape index (κ2) is 9.62. The Kier molecular flexibility index (Phi) is 6.95. The van der Waals surface area contributed by atoms with Crippen LogP contribution in [0.1, 0.15) is 21.8 Å². The third kappa shape index (κ3) is 5.85. The quantitative estimate of drug-likeness (QED) is 0.594. The zero-order valence-electron chi connectivity index (χ0n) is 16.7. The van der Waals surface area contributed by atoms with Crippen LogP contribution in [0.2, 0.25) is 0 Å². The summed E-state index contributed by atoms with van der Waals surface area (Å²) in [6.07, 6.45) is 0.242. The SMILES string of the molecule is COc1ccc(CN(C)Cc2csc(CC(=O)Nc3ccccc3C)n2)cc1F. The molecule has 1 heterocycles. The Morgan fingerprint density at radius 2 is 2.03 bits per heavy atom. The van der Waals surface area contributed by atoms with Gasteiger partial charge >= 0.3 is 0 Å². The number of halogens is 1. The van der Waals surface area contributed by atoms with Crippen molar-refractivity contribution < 1.29 is 13.9 Å². The molecule has 5 nitrogen and oxygen atoms in total. The summed E-state index contributed by atoms with van der Waals surface area (Å²) in [5.41, 5.74) is 3.60. The van der Waals surface area contributed by atoms with E-state index in [9.17, 15) is 9.18 Å². The van der Waals surface area contributed by atoms with Gasteiger partial charge in [-0.1, -0.05) is 24.3 Å².